The Balaban J connectivity index is 2.44. The van der Waals surface area contributed by atoms with Crippen molar-refractivity contribution in [3.63, 3.8) is 0 Å². The van der Waals surface area contributed by atoms with Crippen LogP contribution in [0.2, 0.25) is 0 Å². The molecule has 0 fully saturated rings. The maximum atomic E-state index is 12.3. The summed E-state index contributed by atoms with van der Waals surface area (Å²) in [5.74, 6) is -1.37. The second kappa shape index (κ2) is 16.8. The van der Waals surface area contributed by atoms with Crippen molar-refractivity contribution in [1.82, 2.24) is 5.32 Å². The van der Waals surface area contributed by atoms with E-state index in [0.717, 1.165) is 5.56 Å². The maximum Gasteiger partial charge on any atom is 0.333 e. The number of hydrogen-bond donors (Lipinski definition) is 3. The van der Waals surface area contributed by atoms with Crippen molar-refractivity contribution >= 4 is 28.4 Å². The van der Waals surface area contributed by atoms with Crippen LogP contribution in [0.25, 0.3) is 0 Å². The monoisotopic (exact) mass is 545 g/mol. The minimum absolute atomic E-state index is 0.00684. The molecule has 0 bridgehead atoms. The van der Waals surface area contributed by atoms with Crippen LogP contribution in [0.15, 0.2) is 30.4 Å². The molecule has 0 saturated carbocycles. The van der Waals surface area contributed by atoms with Crippen LogP contribution in [0, 0.1) is 0 Å². The van der Waals surface area contributed by atoms with E-state index in [1.165, 1.54) is 19.1 Å². The standard InChI is InChI=1S/C25H39NO10S/c1-18(2)25(31)35-17-20(16-34-13-6-14-37(5,32-3)33-4)36-24(30)10-9-23(29)26-12-11-19-7-8-21(27)22(28)15-19/h7-8,15,20,27-28H,1,6,9-14,16-17H2,2-5H3,(H,26,29). The minimum Gasteiger partial charge on any atom is -0.504 e. The highest BCUT2D eigenvalue weighted by Gasteiger charge is 2.19. The van der Waals surface area contributed by atoms with E-state index in [9.17, 15) is 24.6 Å². The molecule has 11 nitrogen and oxygen atoms in total. The molecule has 37 heavy (non-hydrogen) atoms. The van der Waals surface area contributed by atoms with Crippen molar-refractivity contribution in [2.45, 2.75) is 38.7 Å². The molecule has 0 heterocycles. The van der Waals surface area contributed by atoms with Gasteiger partial charge in [-0.25, -0.2) is 4.79 Å². The lowest BCUT2D eigenvalue weighted by atomic mass is 10.1. The Kier molecular flexibility index (Phi) is 14.7. The highest BCUT2D eigenvalue weighted by atomic mass is 32.3. The second-order valence-corrected chi connectivity index (χ2v) is 11.2. The summed E-state index contributed by atoms with van der Waals surface area (Å²) < 4.78 is 26.8. The summed E-state index contributed by atoms with van der Waals surface area (Å²) in [5, 5.41) is 21.5. The number of ether oxygens (including phenoxy) is 3. The van der Waals surface area contributed by atoms with Crippen LogP contribution in [-0.4, -0.2) is 86.8 Å². The van der Waals surface area contributed by atoms with E-state index in [-0.39, 0.29) is 55.6 Å². The first-order chi connectivity index (χ1) is 17.5. The molecule has 0 aliphatic rings. The largest absolute Gasteiger partial charge is 0.504 e. The second-order valence-electron chi connectivity index (χ2n) is 8.31. The molecule has 1 aromatic carbocycles. The molecule has 0 spiro atoms. The lowest BCUT2D eigenvalue weighted by Crippen LogP contribution is -2.31. The minimum atomic E-state index is -1.61. The average Bonchev–Trinajstić information content (AvgIpc) is 2.87. The first-order valence-corrected chi connectivity index (χ1v) is 13.8. The number of rotatable bonds is 18. The predicted molar refractivity (Wildman–Crippen MR) is 139 cm³/mol. The fourth-order valence-corrected chi connectivity index (χ4v) is 4.01. The zero-order valence-corrected chi connectivity index (χ0v) is 22.8. The molecule has 0 aliphatic carbocycles. The van der Waals surface area contributed by atoms with Gasteiger partial charge in [-0.2, -0.15) is 10.6 Å². The van der Waals surface area contributed by atoms with Gasteiger partial charge in [0.1, 0.15) is 6.61 Å². The number of carbonyl (C=O) groups excluding carboxylic acids is 3. The van der Waals surface area contributed by atoms with Crippen LogP contribution in [0.3, 0.4) is 0 Å². The van der Waals surface area contributed by atoms with Crippen LogP contribution >= 0.6 is 10.6 Å². The van der Waals surface area contributed by atoms with Crippen LogP contribution in [0.1, 0.15) is 31.7 Å². The molecule has 1 unspecified atom stereocenters. The summed E-state index contributed by atoms with van der Waals surface area (Å²) >= 11 is 0. The molecule has 0 aromatic heterocycles. The summed E-state index contributed by atoms with van der Waals surface area (Å²) in [6, 6.07) is 4.42. The molecule has 0 saturated heterocycles. The van der Waals surface area contributed by atoms with Crippen molar-refractivity contribution < 1.29 is 47.2 Å². The van der Waals surface area contributed by atoms with Gasteiger partial charge < -0.3 is 29.7 Å². The van der Waals surface area contributed by atoms with Gasteiger partial charge >= 0.3 is 11.9 Å². The zero-order chi connectivity index (χ0) is 27.8. The Hall–Kier alpha value is -2.80. The van der Waals surface area contributed by atoms with E-state index in [4.69, 9.17) is 22.6 Å². The lowest BCUT2D eigenvalue weighted by Gasteiger charge is -2.36. The summed E-state index contributed by atoms with van der Waals surface area (Å²) in [7, 11) is 1.57. The average molecular weight is 546 g/mol. The summed E-state index contributed by atoms with van der Waals surface area (Å²) in [6.45, 7) is 5.48. The van der Waals surface area contributed by atoms with Gasteiger partial charge in [0.05, 0.1) is 27.2 Å². The summed E-state index contributed by atoms with van der Waals surface area (Å²) in [6.07, 6.45) is 1.89. The molecule has 3 N–H and O–H groups in total. The van der Waals surface area contributed by atoms with Gasteiger partial charge in [-0.1, -0.05) is 12.6 Å². The molecule has 0 radical (unpaired) electrons. The molecule has 1 atom stereocenters. The number of carbonyl (C=O) groups is 3. The number of esters is 2. The number of nitrogens with one attached hydrogen (secondary N) is 1. The topological polar surface area (TPSA) is 150 Å². The normalized spacial score (nSPS) is 12.4. The number of phenolic OH excluding ortho intramolecular Hbond substituents is 2. The smallest absolute Gasteiger partial charge is 0.333 e. The Bertz CT molecular complexity index is 903. The Morgan fingerprint density at radius 2 is 1.78 bits per heavy atom. The van der Waals surface area contributed by atoms with Crippen LogP contribution in [-0.2, 0) is 43.4 Å². The number of amides is 1. The Morgan fingerprint density at radius 3 is 2.41 bits per heavy atom. The van der Waals surface area contributed by atoms with Gasteiger partial charge in [-0.15, -0.1) is 0 Å². The molecule has 12 heteroatoms. The van der Waals surface area contributed by atoms with E-state index < -0.39 is 28.6 Å². The quantitative estimate of drug-likeness (QED) is 0.109. The van der Waals surface area contributed by atoms with Gasteiger partial charge in [0.25, 0.3) is 0 Å². The van der Waals surface area contributed by atoms with Gasteiger partial charge in [-0.3, -0.25) is 18.0 Å². The zero-order valence-electron chi connectivity index (χ0n) is 21.9. The van der Waals surface area contributed by atoms with Gasteiger partial charge in [0.2, 0.25) is 5.91 Å². The highest BCUT2D eigenvalue weighted by Crippen LogP contribution is 2.45. The fourth-order valence-electron chi connectivity index (χ4n) is 2.90. The molecule has 1 rings (SSSR count). The van der Waals surface area contributed by atoms with E-state index in [0.29, 0.717) is 25.2 Å². The number of benzene rings is 1. The molecular formula is C25H39NO10S. The van der Waals surface area contributed by atoms with Crippen molar-refractivity contribution in [2.75, 3.05) is 52.6 Å². The number of phenols is 2. The lowest BCUT2D eigenvalue weighted by molar-refractivity contribution is -0.161. The van der Waals surface area contributed by atoms with Crippen molar-refractivity contribution in [3.05, 3.63) is 35.9 Å². The Morgan fingerprint density at radius 1 is 1.08 bits per heavy atom. The molecule has 210 valence electrons. The number of hydrogen-bond acceptors (Lipinski definition) is 10. The van der Waals surface area contributed by atoms with Crippen molar-refractivity contribution in [3.8, 4) is 11.5 Å². The van der Waals surface area contributed by atoms with Gasteiger partial charge in [0.15, 0.2) is 17.6 Å². The SMILES string of the molecule is C=C(C)C(=O)OCC(COCCCS(C)(OC)OC)OC(=O)CCC(=O)NCCc1ccc(O)c(O)c1. The van der Waals surface area contributed by atoms with Gasteiger partial charge in [-0.05, 0) is 37.5 Å². The van der Waals surface area contributed by atoms with Crippen molar-refractivity contribution in [2.24, 2.45) is 0 Å². The predicted octanol–water partition coefficient (Wildman–Crippen LogP) is 2.53. The van der Waals surface area contributed by atoms with Crippen LogP contribution in [0.5, 0.6) is 11.5 Å². The van der Waals surface area contributed by atoms with E-state index in [2.05, 4.69) is 11.9 Å². The van der Waals surface area contributed by atoms with Crippen LogP contribution in [0.4, 0.5) is 0 Å². The third-order valence-electron chi connectivity index (χ3n) is 5.19. The van der Waals surface area contributed by atoms with Crippen molar-refractivity contribution in [1.29, 1.82) is 0 Å². The maximum absolute atomic E-state index is 12.3. The molecular weight excluding hydrogens is 506 g/mol. The van der Waals surface area contributed by atoms with E-state index in [1.807, 2.05) is 6.26 Å². The third-order valence-corrected chi connectivity index (χ3v) is 7.63. The first kappa shape index (κ1) is 32.2. The third kappa shape index (κ3) is 13.4. The first-order valence-electron chi connectivity index (χ1n) is 11.7. The highest BCUT2D eigenvalue weighted by molar-refractivity contribution is 8.25. The molecule has 1 aromatic rings. The summed E-state index contributed by atoms with van der Waals surface area (Å²) in [5.41, 5.74) is 0.948. The molecule has 0 aliphatic heterocycles. The Labute approximate surface area is 219 Å². The van der Waals surface area contributed by atoms with E-state index in [1.54, 1.807) is 20.3 Å². The summed E-state index contributed by atoms with van der Waals surface area (Å²) in [4.78, 5) is 36.1. The molecule has 1 amide bonds. The van der Waals surface area contributed by atoms with Gasteiger partial charge in [0, 0.05) is 37.2 Å². The fraction of sp³-hybridized carbons (Fsp3) is 0.560. The van der Waals surface area contributed by atoms with Crippen LogP contribution < -0.4 is 5.32 Å². The number of aromatic hydroxyl groups is 2. The van der Waals surface area contributed by atoms with E-state index >= 15 is 0 Å².